The zero-order valence-corrected chi connectivity index (χ0v) is 16.3. The molecule has 0 unspecified atom stereocenters. The summed E-state index contributed by atoms with van der Waals surface area (Å²) in [4.78, 5) is 28.1. The van der Waals surface area contributed by atoms with Crippen LogP contribution in [-0.2, 0) is 4.79 Å². The fourth-order valence-electron chi connectivity index (χ4n) is 2.61. The molecule has 0 aliphatic carbocycles. The van der Waals surface area contributed by atoms with Gasteiger partial charge in [-0.05, 0) is 49.8 Å². The van der Waals surface area contributed by atoms with Crippen LogP contribution in [0.2, 0.25) is 5.02 Å². The third-order valence-electron chi connectivity index (χ3n) is 3.93. The molecule has 0 aromatic heterocycles. The van der Waals surface area contributed by atoms with Crippen LogP contribution in [0.5, 0.6) is 0 Å². The first-order valence-corrected chi connectivity index (χ1v) is 9.43. The highest BCUT2D eigenvalue weighted by atomic mass is 35.5. The van der Waals surface area contributed by atoms with Gasteiger partial charge in [0.15, 0.2) is 0 Å². The summed E-state index contributed by atoms with van der Waals surface area (Å²) in [6, 6.07) is 12.9. The zero-order valence-electron chi connectivity index (χ0n) is 14.7. The van der Waals surface area contributed by atoms with E-state index in [1.54, 1.807) is 36.2 Å². The quantitative estimate of drug-likeness (QED) is 0.785. The molecule has 1 heterocycles. The number of benzene rings is 2. The molecule has 6 heteroatoms. The van der Waals surface area contributed by atoms with Gasteiger partial charge in [0.05, 0.1) is 10.6 Å². The minimum Gasteiger partial charge on any atom is -0.350 e. The Morgan fingerprint density at radius 3 is 2.65 bits per heavy atom. The second-order valence-electron chi connectivity index (χ2n) is 6.31. The second-order valence-corrected chi connectivity index (χ2v) is 7.80. The molecule has 2 aromatic rings. The lowest BCUT2D eigenvalue weighted by molar-refractivity contribution is -0.114. The Kier molecular flexibility index (Phi) is 5.39. The Labute approximate surface area is 162 Å². The van der Waals surface area contributed by atoms with Crippen molar-refractivity contribution in [2.75, 3.05) is 11.9 Å². The van der Waals surface area contributed by atoms with E-state index in [-0.39, 0.29) is 17.9 Å². The van der Waals surface area contributed by atoms with Gasteiger partial charge >= 0.3 is 0 Å². The molecular weight excluding hydrogens is 368 g/mol. The van der Waals surface area contributed by atoms with Crippen LogP contribution in [0.3, 0.4) is 0 Å². The van der Waals surface area contributed by atoms with Crippen molar-refractivity contribution in [3.8, 4) is 0 Å². The first-order chi connectivity index (χ1) is 12.4. The minimum atomic E-state index is -0.147. The summed E-state index contributed by atoms with van der Waals surface area (Å²) in [5.74, 6) is -0.269. The van der Waals surface area contributed by atoms with E-state index in [0.717, 1.165) is 16.1 Å². The molecule has 1 aliphatic rings. The van der Waals surface area contributed by atoms with Crippen LogP contribution in [0, 0.1) is 0 Å². The SMILES string of the molecule is CC(C)NC(=O)c1ccc2c(c1)N(C)C(=O)C(=Cc1ccccc1Cl)S2. The van der Waals surface area contributed by atoms with E-state index in [2.05, 4.69) is 5.32 Å². The van der Waals surface area contributed by atoms with E-state index in [1.807, 2.05) is 38.1 Å². The molecule has 0 saturated carbocycles. The van der Waals surface area contributed by atoms with E-state index >= 15 is 0 Å². The van der Waals surface area contributed by atoms with Gasteiger partial charge in [0.2, 0.25) is 0 Å². The Hall–Kier alpha value is -2.24. The maximum atomic E-state index is 12.8. The van der Waals surface area contributed by atoms with Crippen molar-refractivity contribution in [1.82, 2.24) is 5.32 Å². The van der Waals surface area contributed by atoms with Gasteiger partial charge in [0.1, 0.15) is 0 Å². The van der Waals surface area contributed by atoms with Crippen molar-refractivity contribution >= 4 is 46.9 Å². The molecule has 0 atom stereocenters. The molecular formula is C20H19ClN2O2S. The first kappa shape index (κ1) is 18.5. The molecule has 0 radical (unpaired) electrons. The normalized spacial score (nSPS) is 15.3. The summed E-state index contributed by atoms with van der Waals surface area (Å²) in [5, 5.41) is 3.46. The van der Waals surface area contributed by atoms with E-state index < -0.39 is 0 Å². The van der Waals surface area contributed by atoms with Gasteiger partial charge in [0.25, 0.3) is 11.8 Å². The second kappa shape index (κ2) is 7.56. The van der Waals surface area contributed by atoms with Gasteiger partial charge in [-0.3, -0.25) is 9.59 Å². The number of carbonyl (C=O) groups is 2. The van der Waals surface area contributed by atoms with Crippen molar-refractivity contribution < 1.29 is 9.59 Å². The fraction of sp³-hybridized carbons (Fsp3) is 0.200. The van der Waals surface area contributed by atoms with Crippen LogP contribution in [0.25, 0.3) is 6.08 Å². The van der Waals surface area contributed by atoms with E-state index in [1.165, 1.54) is 11.8 Å². The maximum absolute atomic E-state index is 12.8. The summed E-state index contributed by atoms with van der Waals surface area (Å²) in [7, 11) is 1.71. The minimum absolute atomic E-state index is 0.0532. The van der Waals surface area contributed by atoms with Crippen molar-refractivity contribution in [3.05, 3.63) is 63.5 Å². The van der Waals surface area contributed by atoms with Gasteiger partial charge < -0.3 is 10.2 Å². The Balaban J connectivity index is 1.95. The fourth-order valence-corrected chi connectivity index (χ4v) is 3.89. The van der Waals surface area contributed by atoms with Gasteiger partial charge in [-0.1, -0.05) is 41.6 Å². The topological polar surface area (TPSA) is 49.4 Å². The lowest BCUT2D eigenvalue weighted by Crippen LogP contribution is -2.32. The maximum Gasteiger partial charge on any atom is 0.264 e. The van der Waals surface area contributed by atoms with Gasteiger partial charge in [-0.15, -0.1) is 0 Å². The molecule has 0 bridgehead atoms. The van der Waals surface area contributed by atoms with E-state index in [9.17, 15) is 9.59 Å². The van der Waals surface area contributed by atoms with Crippen molar-refractivity contribution in [3.63, 3.8) is 0 Å². The summed E-state index contributed by atoms with van der Waals surface area (Å²) >= 11 is 7.59. The Morgan fingerprint density at radius 2 is 1.96 bits per heavy atom. The number of halogens is 1. The van der Waals surface area contributed by atoms with Crippen molar-refractivity contribution in [1.29, 1.82) is 0 Å². The van der Waals surface area contributed by atoms with Crippen LogP contribution in [0.15, 0.2) is 52.3 Å². The first-order valence-electron chi connectivity index (χ1n) is 8.24. The Bertz CT molecular complexity index is 908. The van der Waals surface area contributed by atoms with Gasteiger partial charge in [-0.25, -0.2) is 0 Å². The number of rotatable bonds is 3. The molecule has 2 aromatic carbocycles. The van der Waals surface area contributed by atoms with E-state index in [4.69, 9.17) is 11.6 Å². The number of hydrogen-bond donors (Lipinski definition) is 1. The number of nitrogens with one attached hydrogen (secondary N) is 1. The smallest absolute Gasteiger partial charge is 0.264 e. The van der Waals surface area contributed by atoms with Crippen LogP contribution < -0.4 is 10.2 Å². The van der Waals surface area contributed by atoms with Gasteiger partial charge in [0, 0.05) is 28.6 Å². The molecule has 0 spiro atoms. The predicted octanol–water partition coefficient (Wildman–Crippen LogP) is 4.59. The monoisotopic (exact) mass is 386 g/mol. The Morgan fingerprint density at radius 1 is 1.23 bits per heavy atom. The zero-order chi connectivity index (χ0) is 18.8. The average molecular weight is 387 g/mol. The lowest BCUT2D eigenvalue weighted by atomic mass is 10.1. The molecule has 26 heavy (non-hydrogen) atoms. The highest BCUT2D eigenvalue weighted by Gasteiger charge is 2.27. The van der Waals surface area contributed by atoms with Crippen LogP contribution in [0.1, 0.15) is 29.8 Å². The predicted molar refractivity (Wildman–Crippen MR) is 108 cm³/mol. The number of amides is 2. The largest absolute Gasteiger partial charge is 0.350 e. The molecule has 3 rings (SSSR count). The highest BCUT2D eigenvalue weighted by Crippen LogP contribution is 2.42. The van der Waals surface area contributed by atoms with Crippen LogP contribution in [0.4, 0.5) is 5.69 Å². The molecule has 0 saturated heterocycles. The van der Waals surface area contributed by atoms with Crippen molar-refractivity contribution in [2.24, 2.45) is 0 Å². The number of anilines is 1. The molecule has 0 fully saturated rings. The molecule has 2 amide bonds. The van der Waals surface area contributed by atoms with Crippen molar-refractivity contribution in [2.45, 2.75) is 24.8 Å². The van der Waals surface area contributed by atoms with E-state index in [0.29, 0.717) is 15.5 Å². The molecule has 4 nitrogen and oxygen atoms in total. The number of thioether (sulfide) groups is 1. The molecule has 1 aliphatic heterocycles. The van der Waals surface area contributed by atoms with Gasteiger partial charge in [-0.2, -0.15) is 0 Å². The lowest BCUT2D eigenvalue weighted by Gasteiger charge is -2.27. The summed E-state index contributed by atoms with van der Waals surface area (Å²) in [6.45, 7) is 3.82. The summed E-state index contributed by atoms with van der Waals surface area (Å²) in [5.41, 5.74) is 2.07. The molecule has 1 N–H and O–H groups in total. The number of fused-ring (bicyclic) bond motifs is 1. The average Bonchev–Trinajstić information content (AvgIpc) is 2.60. The number of nitrogens with zero attached hydrogens (tertiary/aromatic N) is 1. The number of likely N-dealkylation sites (N-methyl/N-ethyl adjacent to an activating group) is 1. The molecule has 134 valence electrons. The van der Waals surface area contributed by atoms with Crippen LogP contribution in [-0.4, -0.2) is 24.9 Å². The third kappa shape index (κ3) is 3.79. The summed E-state index contributed by atoms with van der Waals surface area (Å²) in [6.07, 6.45) is 1.80. The summed E-state index contributed by atoms with van der Waals surface area (Å²) < 4.78 is 0. The number of hydrogen-bond acceptors (Lipinski definition) is 3. The highest BCUT2D eigenvalue weighted by molar-refractivity contribution is 8.04. The number of carbonyl (C=O) groups excluding carboxylic acids is 2. The van der Waals surface area contributed by atoms with Crippen LogP contribution >= 0.6 is 23.4 Å². The third-order valence-corrected chi connectivity index (χ3v) is 5.35. The standard InChI is InChI=1S/C20H19ClN2O2S/c1-12(2)22-19(24)14-8-9-17-16(10-14)23(3)20(25)18(26-17)11-13-6-4-5-7-15(13)21/h4-12H,1-3H3,(H,22,24).